The molecule has 0 bridgehead atoms. The number of hydrogen-bond acceptors (Lipinski definition) is 2. The number of ether oxygens (including phenoxy) is 1. The smallest absolute Gasteiger partial charge is 0.416 e. The third kappa shape index (κ3) is 2.48. The van der Waals surface area contributed by atoms with Gasteiger partial charge in [-0.1, -0.05) is 0 Å². The zero-order valence-corrected chi connectivity index (χ0v) is 10.8. The lowest BCUT2D eigenvalue weighted by atomic mass is 9.96. The molecule has 1 aromatic carbocycles. The van der Waals surface area contributed by atoms with Crippen molar-refractivity contribution in [3.63, 3.8) is 0 Å². The average Bonchev–Trinajstić information content (AvgIpc) is 3.05. The maximum Gasteiger partial charge on any atom is 0.416 e. The van der Waals surface area contributed by atoms with Gasteiger partial charge in [0.25, 0.3) is 0 Å². The van der Waals surface area contributed by atoms with Crippen LogP contribution in [0.15, 0.2) is 18.2 Å². The van der Waals surface area contributed by atoms with E-state index >= 15 is 0 Å². The van der Waals surface area contributed by atoms with Gasteiger partial charge in [0.05, 0.1) is 16.7 Å². The average molecular weight is 325 g/mol. The van der Waals surface area contributed by atoms with E-state index in [1.807, 2.05) is 0 Å². The van der Waals surface area contributed by atoms with Crippen LogP contribution in [0, 0.1) is 0 Å². The largest absolute Gasteiger partial charge is 0.439 e. The van der Waals surface area contributed by atoms with Crippen LogP contribution >= 0.6 is 0 Å². The number of cyclic esters (lactones) is 1. The normalized spacial score (nSPS) is 23.4. The van der Waals surface area contributed by atoms with Crippen LogP contribution in [0.1, 0.15) is 35.6 Å². The van der Waals surface area contributed by atoms with E-state index in [1.165, 1.54) is 0 Å². The molecule has 120 valence electrons. The second kappa shape index (κ2) is 4.30. The van der Waals surface area contributed by atoms with Crippen LogP contribution in [0.4, 0.5) is 31.1 Å². The van der Waals surface area contributed by atoms with Crippen LogP contribution in [0.2, 0.25) is 0 Å². The predicted octanol–water partition coefficient (Wildman–Crippen LogP) is 4.04. The number of alkyl carbamates (subject to hydrolysis) is 1. The van der Waals surface area contributed by atoms with Crippen molar-refractivity contribution < 1.29 is 35.9 Å². The van der Waals surface area contributed by atoms with Crippen LogP contribution in [-0.2, 0) is 17.1 Å². The molecule has 2 aliphatic rings. The van der Waals surface area contributed by atoms with E-state index in [0.717, 1.165) is 0 Å². The number of benzene rings is 1. The van der Waals surface area contributed by atoms with Crippen molar-refractivity contribution in [1.82, 2.24) is 5.32 Å². The minimum atomic E-state index is -4.93. The van der Waals surface area contributed by atoms with Gasteiger partial charge in [-0.15, -0.1) is 0 Å². The topological polar surface area (TPSA) is 38.3 Å². The highest BCUT2D eigenvalue weighted by atomic mass is 19.4. The lowest BCUT2D eigenvalue weighted by Crippen LogP contribution is -2.29. The first-order chi connectivity index (χ1) is 10.0. The number of alkyl halides is 6. The fourth-order valence-electron chi connectivity index (χ4n) is 2.56. The Morgan fingerprint density at radius 2 is 1.50 bits per heavy atom. The predicted molar refractivity (Wildman–Crippen MR) is 60.8 cm³/mol. The number of amides is 1. The van der Waals surface area contributed by atoms with Gasteiger partial charge in [-0.3, -0.25) is 0 Å². The van der Waals surface area contributed by atoms with Crippen molar-refractivity contribution in [3.05, 3.63) is 34.9 Å². The summed E-state index contributed by atoms with van der Waals surface area (Å²) in [7, 11) is 0. The Balaban J connectivity index is 2.09. The zero-order chi connectivity index (χ0) is 16.3. The molecule has 2 fully saturated rings. The van der Waals surface area contributed by atoms with Gasteiger partial charge in [-0.25, -0.2) is 4.79 Å². The molecule has 22 heavy (non-hydrogen) atoms. The van der Waals surface area contributed by atoms with E-state index < -0.39 is 41.2 Å². The van der Waals surface area contributed by atoms with Gasteiger partial charge >= 0.3 is 18.4 Å². The van der Waals surface area contributed by atoms with E-state index in [1.54, 1.807) is 0 Å². The molecule has 1 N–H and O–H groups in total. The molecule has 1 aliphatic heterocycles. The number of nitrogens with one attached hydrogen (secondary N) is 1. The molecule has 0 unspecified atom stereocenters. The first-order valence-electron chi connectivity index (χ1n) is 6.29. The minimum absolute atomic E-state index is 0.0489. The molecule has 1 spiro atoms. The molecule has 1 saturated heterocycles. The summed E-state index contributed by atoms with van der Waals surface area (Å²) in [6, 6.07) is 1.24. The van der Waals surface area contributed by atoms with E-state index in [9.17, 15) is 31.1 Å². The molecular formula is C13H9F6NO2. The van der Waals surface area contributed by atoms with Gasteiger partial charge in [0, 0.05) is 0 Å². The van der Waals surface area contributed by atoms with Crippen molar-refractivity contribution in [2.45, 2.75) is 36.8 Å². The quantitative estimate of drug-likeness (QED) is 0.792. The summed E-state index contributed by atoms with van der Waals surface area (Å²) in [5.41, 5.74) is -4.03. The Hall–Kier alpha value is -1.93. The summed E-state index contributed by atoms with van der Waals surface area (Å²) in [6.45, 7) is 0. The number of hydrogen-bond donors (Lipinski definition) is 1. The monoisotopic (exact) mass is 325 g/mol. The number of halogens is 6. The van der Waals surface area contributed by atoms with E-state index in [4.69, 9.17) is 4.74 Å². The zero-order valence-electron chi connectivity index (χ0n) is 10.8. The molecule has 1 heterocycles. The maximum absolute atomic E-state index is 12.8. The molecular weight excluding hydrogens is 316 g/mol. The molecule has 0 radical (unpaired) electrons. The van der Waals surface area contributed by atoms with Gasteiger partial charge in [-0.05, 0) is 36.6 Å². The third-order valence-corrected chi connectivity index (χ3v) is 3.78. The van der Waals surface area contributed by atoms with Crippen LogP contribution in [-0.4, -0.2) is 11.6 Å². The van der Waals surface area contributed by atoms with Crippen LogP contribution in [0.25, 0.3) is 0 Å². The Bertz CT molecular complexity index is 600. The summed E-state index contributed by atoms with van der Waals surface area (Å²) in [5, 5.41) is 2.45. The molecule has 1 atom stereocenters. The Morgan fingerprint density at radius 3 is 1.91 bits per heavy atom. The second-order valence-electron chi connectivity index (χ2n) is 5.41. The third-order valence-electron chi connectivity index (χ3n) is 3.78. The van der Waals surface area contributed by atoms with Gasteiger partial charge in [0.2, 0.25) is 0 Å². The molecule has 3 rings (SSSR count). The van der Waals surface area contributed by atoms with Crippen molar-refractivity contribution in [2.24, 2.45) is 0 Å². The van der Waals surface area contributed by atoms with Gasteiger partial charge in [-0.2, -0.15) is 26.3 Å². The Kier molecular flexibility index (Phi) is 2.93. The van der Waals surface area contributed by atoms with Gasteiger partial charge in [0.1, 0.15) is 0 Å². The van der Waals surface area contributed by atoms with E-state index in [2.05, 4.69) is 5.32 Å². The molecule has 1 aliphatic carbocycles. The SMILES string of the molecule is O=C1NC2(CC2)[C@@H](c2cc(C(F)(F)F)cc(C(F)(F)F)c2)O1. The Morgan fingerprint density at radius 1 is 1.00 bits per heavy atom. The fourth-order valence-corrected chi connectivity index (χ4v) is 2.56. The van der Waals surface area contributed by atoms with Crippen molar-refractivity contribution in [2.75, 3.05) is 0 Å². The summed E-state index contributed by atoms with van der Waals surface area (Å²) >= 11 is 0. The highest BCUT2D eigenvalue weighted by Crippen LogP contribution is 2.52. The van der Waals surface area contributed by atoms with E-state index in [-0.39, 0.29) is 11.6 Å². The second-order valence-corrected chi connectivity index (χ2v) is 5.41. The summed E-state index contributed by atoms with van der Waals surface area (Å²) < 4.78 is 81.8. The lowest BCUT2D eigenvalue weighted by Gasteiger charge is -2.19. The molecule has 1 amide bonds. The highest BCUT2D eigenvalue weighted by molar-refractivity contribution is 5.73. The summed E-state index contributed by atoms with van der Waals surface area (Å²) in [4.78, 5) is 11.3. The van der Waals surface area contributed by atoms with Gasteiger partial charge < -0.3 is 10.1 Å². The number of carbonyl (C=O) groups excluding carboxylic acids is 1. The minimum Gasteiger partial charge on any atom is -0.439 e. The molecule has 9 heteroatoms. The molecule has 1 aromatic rings. The van der Waals surface area contributed by atoms with Crippen molar-refractivity contribution >= 4 is 6.09 Å². The van der Waals surface area contributed by atoms with Crippen LogP contribution in [0.5, 0.6) is 0 Å². The van der Waals surface area contributed by atoms with Crippen molar-refractivity contribution in [1.29, 1.82) is 0 Å². The summed E-state index contributed by atoms with van der Waals surface area (Å²) in [6.07, 6.45) is -11.0. The number of rotatable bonds is 1. The van der Waals surface area contributed by atoms with Crippen LogP contribution in [0.3, 0.4) is 0 Å². The van der Waals surface area contributed by atoms with E-state index in [0.29, 0.717) is 25.0 Å². The maximum atomic E-state index is 12.8. The highest BCUT2D eigenvalue weighted by Gasteiger charge is 2.58. The number of carbonyl (C=O) groups is 1. The first-order valence-corrected chi connectivity index (χ1v) is 6.29. The standard InChI is InChI=1S/C13H9F6NO2/c14-12(15,16)7-3-6(4-8(5-7)13(17,18)19)9-11(1-2-11)20-10(21)22-9/h3-5,9H,1-2H2,(H,20,21)/t9-/m1/s1. The summed E-state index contributed by atoms with van der Waals surface area (Å²) in [5.74, 6) is 0. The first kappa shape index (κ1) is 15.0. The van der Waals surface area contributed by atoms with Crippen LogP contribution < -0.4 is 5.32 Å². The molecule has 1 saturated carbocycles. The Labute approximate surface area is 120 Å². The fraction of sp³-hybridized carbons (Fsp3) is 0.462. The van der Waals surface area contributed by atoms with Gasteiger partial charge in [0.15, 0.2) is 6.10 Å². The molecule has 0 aromatic heterocycles. The van der Waals surface area contributed by atoms with Crippen molar-refractivity contribution in [3.8, 4) is 0 Å². The molecule has 3 nitrogen and oxygen atoms in total. The lowest BCUT2D eigenvalue weighted by molar-refractivity contribution is -0.143.